The number of carbonyl (C=O) groups excluding carboxylic acids is 1. The Morgan fingerprint density at radius 1 is 1.18 bits per heavy atom. The molecule has 0 saturated carbocycles. The summed E-state index contributed by atoms with van der Waals surface area (Å²) in [7, 11) is 0. The number of amides is 1. The first kappa shape index (κ1) is 13.7. The van der Waals surface area contributed by atoms with E-state index in [9.17, 15) is 4.79 Å². The number of allylic oxidation sites excluding steroid dienone is 1. The number of hydrogen-bond acceptors (Lipinski definition) is 3. The Labute approximate surface area is 104 Å². The highest BCUT2D eigenvalue weighted by Gasteiger charge is 2.25. The van der Waals surface area contributed by atoms with Crippen molar-refractivity contribution < 1.29 is 9.53 Å². The zero-order chi connectivity index (χ0) is 13.1. The van der Waals surface area contributed by atoms with E-state index in [1.807, 2.05) is 27.7 Å². The average Bonchev–Trinajstić information content (AvgIpc) is 2.26. The molecule has 0 aromatic carbocycles. The first-order chi connectivity index (χ1) is 7.83. The maximum absolute atomic E-state index is 11.8. The minimum Gasteiger partial charge on any atom is -0.444 e. The van der Waals surface area contributed by atoms with Crippen molar-refractivity contribution in [2.24, 2.45) is 0 Å². The van der Waals surface area contributed by atoms with E-state index in [2.05, 4.69) is 17.2 Å². The van der Waals surface area contributed by atoms with Gasteiger partial charge < -0.3 is 14.5 Å². The fourth-order valence-corrected chi connectivity index (χ4v) is 1.66. The van der Waals surface area contributed by atoms with Gasteiger partial charge in [-0.2, -0.15) is 0 Å². The zero-order valence-corrected chi connectivity index (χ0v) is 11.2. The molecule has 17 heavy (non-hydrogen) atoms. The molecule has 1 aliphatic heterocycles. The van der Waals surface area contributed by atoms with E-state index in [-0.39, 0.29) is 6.09 Å². The van der Waals surface area contributed by atoms with Crippen LogP contribution in [0.5, 0.6) is 0 Å². The van der Waals surface area contributed by atoms with Gasteiger partial charge >= 0.3 is 6.09 Å². The van der Waals surface area contributed by atoms with Crippen molar-refractivity contribution >= 4 is 6.09 Å². The molecule has 0 bridgehead atoms. The van der Waals surface area contributed by atoms with Crippen LogP contribution in [0.25, 0.3) is 0 Å². The second-order valence-corrected chi connectivity index (χ2v) is 5.22. The Morgan fingerprint density at radius 2 is 1.65 bits per heavy atom. The number of carbonyl (C=O) groups is 1. The minimum atomic E-state index is -0.425. The smallest absolute Gasteiger partial charge is 0.410 e. The lowest BCUT2D eigenvalue weighted by molar-refractivity contribution is 0.0169. The van der Waals surface area contributed by atoms with Gasteiger partial charge in [0, 0.05) is 26.2 Å². The maximum Gasteiger partial charge on any atom is 0.410 e. The molecular formula is C13H22N2O2. The topological polar surface area (TPSA) is 32.8 Å². The fraction of sp³-hybridized carbons (Fsp3) is 0.692. The molecule has 0 aliphatic carbocycles. The molecule has 1 aliphatic rings. The van der Waals surface area contributed by atoms with Crippen LogP contribution in [0.15, 0.2) is 18.0 Å². The summed E-state index contributed by atoms with van der Waals surface area (Å²) in [5, 5.41) is 0. The van der Waals surface area contributed by atoms with Gasteiger partial charge in [-0.1, -0.05) is 6.58 Å². The summed E-state index contributed by atoms with van der Waals surface area (Å²) in [4.78, 5) is 15.7. The van der Waals surface area contributed by atoms with E-state index in [4.69, 9.17) is 4.74 Å². The number of rotatable bonds is 1. The second kappa shape index (κ2) is 5.28. The van der Waals surface area contributed by atoms with Gasteiger partial charge in [0.1, 0.15) is 5.60 Å². The zero-order valence-electron chi connectivity index (χ0n) is 11.2. The van der Waals surface area contributed by atoms with Gasteiger partial charge in [-0.3, -0.25) is 0 Å². The normalized spacial score (nSPS) is 16.5. The molecule has 0 spiro atoms. The molecule has 96 valence electrons. The summed E-state index contributed by atoms with van der Waals surface area (Å²) in [6.45, 7) is 14.3. The van der Waals surface area contributed by atoms with Gasteiger partial charge in [0.2, 0.25) is 0 Å². The van der Waals surface area contributed by atoms with Crippen LogP contribution in [-0.4, -0.2) is 47.7 Å². The van der Waals surface area contributed by atoms with Crippen LogP contribution in [0.1, 0.15) is 27.7 Å². The third-order valence-electron chi connectivity index (χ3n) is 2.66. The standard InChI is InChI=1S/C13H22N2O2/c1-6-11(2)14-7-9-15(10-8-14)12(16)17-13(3,4)5/h1,7-10H2,2-5H3. The van der Waals surface area contributed by atoms with E-state index in [1.165, 1.54) is 0 Å². The second-order valence-electron chi connectivity index (χ2n) is 5.22. The molecule has 0 atom stereocenters. The summed E-state index contributed by atoms with van der Waals surface area (Å²) in [5.41, 5.74) is 3.49. The SMILES string of the molecule is C=C=C(C)N1CCN(C(=O)OC(C)(C)C)CC1. The molecule has 1 amide bonds. The minimum absolute atomic E-state index is 0.225. The molecule has 1 fully saturated rings. The summed E-state index contributed by atoms with van der Waals surface area (Å²) in [6, 6.07) is 0. The monoisotopic (exact) mass is 238 g/mol. The highest BCUT2D eigenvalue weighted by Crippen LogP contribution is 2.13. The molecule has 1 heterocycles. The summed E-state index contributed by atoms with van der Waals surface area (Å²) < 4.78 is 5.33. The highest BCUT2D eigenvalue weighted by atomic mass is 16.6. The Morgan fingerprint density at radius 3 is 2.06 bits per heavy atom. The molecular weight excluding hydrogens is 216 g/mol. The Kier molecular flexibility index (Phi) is 4.24. The van der Waals surface area contributed by atoms with Crippen LogP contribution in [-0.2, 0) is 4.74 Å². The molecule has 1 saturated heterocycles. The van der Waals surface area contributed by atoms with Gasteiger partial charge in [0.15, 0.2) is 0 Å². The number of ether oxygens (including phenoxy) is 1. The van der Waals surface area contributed by atoms with Crippen molar-refractivity contribution in [2.75, 3.05) is 26.2 Å². The lowest BCUT2D eigenvalue weighted by Crippen LogP contribution is -2.49. The first-order valence-electron chi connectivity index (χ1n) is 5.93. The fourth-order valence-electron chi connectivity index (χ4n) is 1.66. The first-order valence-corrected chi connectivity index (χ1v) is 5.93. The third-order valence-corrected chi connectivity index (χ3v) is 2.66. The maximum atomic E-state index is 11.8. The molecule has 0 unspecified atom stereocenters. The molecule has 0 N–H and O–H groups in total. The highest BCUT2D eigenvalue weighted by molar-refractivity contribution is 5.68. The molecule has 1 rings (SSSR count). The van der Waals surface area contributed by atoms with Gasteiger partial charge in [0.05, 0.1) is 5.70 Å². The van der Waals surface area contributed by atoms with Crippen LogP contribution in [0.3, 0.4) is 0 Å². The van der Waals surface area contributed by atoms with E-state index >= 15 is 0 Å². The van der Waals surface area contributed by atoms with Gasteiger partial charge in [-0.05, 0) is 27.7 Å². The Hall–Kier alpha value is -1.41. The number of piperazine rings is 1. The van der Waals surface area contributed by atoms with E-state index < -0.39 is 5.60 Å². The lowest BCUT2D eigenvalue weighted by atomic mass is 10.2. The summed E-state index contributed by atoms with van der Waals surface area (Å²) >= 11 is 0. The number of hydrogen-bond donors (Lipinski definition) is 0. The van der Waals surface area contributed by atoms with Crippen molar-refractivity contribution in [1.29, 1.82) is 0 Å². The molecule has 4 heteroatoms. The molecule has 0 radical (unpaired) electrons. The van der Waals surface area contributed by atoms with Crippen molar-refractivity contribution in [3.05, 3.63) is 18.0 Å². The van der Waals surface area contributed by atoms with Gasteiger partial charge in [0.25, 0.3) is 0 Å². The predicted molar refractivity (Wildman–Crippen MR) is 67.7 cm³/mol. The van der Waals surface area contributed by atoms with Crippen molar-refractivity contribution in [3.63, 3.8) is 0 Å². The lowest BCUT2D eigenvalue weighted by Gasteiger charge is -2.36. The van der Waals surface area contributed by atoms with E-state index in [1.54, 1.807) is 4.90 Å². The van der Waals surface area contributed by atoms with Crippen LogP contribution < -0.4 is 0 Å². The van der Waals surface area contributed by atoms with Gasteiger partial charge in [-0.25, -0.2) is 4.79 Å². The molecule has 4 nitrogen and oxygen atoms in total. The molecule has 0 aromatic rings. The predicted octanol–water partition coefficient (Wildman–Crippen LogP) is 2.23. The largest absolute Gasteiger partial charge is 0.444 e. The Bertz CT molecular complexity index is 330. The molecule has 0 aromatic heterocycles. The average molecular weight is 238 g/mol. The van der Waals surface area contributed by atoms with E-state index in [0.29, 0.717) is 13.1 Å². The van der Waals surface area contributed by atoms with Crippen molar-refractivity contribution in [1.82, 2.24) is 9.80 Å². The third kappa shape index (κ3) is 4.16. The summed E-state index contributed by atoms with van der Waals surface area (Å²) in [6.07, 6.45) is -0.225. The van der Waals surface area contributed by atoms with Crippen LogP contribution >= 0.6 is 0 Å². The van der Waals surface area contributed by atoms with Crippen LogP contribution in [0.4, 0.5) is 4.79 Å². The van der Waals surface area contributed by atoms with Crippen molar-refractivity contribution in [3.8, 4) is 0 Å². The van der Waals surface area contributed by atoms with E-state index in [0.717, 1.165) is 18.8 Å². The summed E-state index contributed by atoms with van der Waals surface area (Å²) in [5.74, 6) is 0. The van der Waals surface area contributed by atoms with Crippen LogP contribution in [0, 0.1) is 0 Å². The van der Waals surface area contributed by atoms with Crippen molar-refractivity contribution in [2.45, 2.75) is 33.3 Å². The van der Waals surface area contributed by atoms with Gasteiger partial charge in [-0.15, -0.1) is 5.73 Å². The quantitative estimate of drug-likeness (QED) is 0.657. The number of nitrogens with zero attached hydrogens (tertiary/aromatic N) is 2. The Balaban J connectivity index is 2.47. The van der Waals surface area contributed by atoms with Crippen LogP contribution in [0.2, 0.25) is 0 Å².